The standard InChI is InChI=1S/C19H21N3O7S/c1-27-14-8-12(9-15-18(25)22(10-16(20)23)19(26)30-15)2-3-13(14)29-11-17(24)21-4-6-28-7-5-21/h2-3,8-9H,4-7,10-11H2,1H3,(H2,20,23)/b15-9-. The zero-order chi connectivity index (χ0) is 21.7. The number of rotatable bonds is 7. The molecule has 0 atom stereocenters. The number of hydrogen-bond donors (Lipinski definition) is 1. The van der Waals surface area contributed by atoms with Crippen molar-refractivity contribution in [3.8, 4) is 11.5 Å². The first-order chi connectivity index (χ1) is 14.4. The zero-order valence-electron chi connectivity index (χ0n) is 16.3. The van der Waals surface area contributed by atoms with E-state index in [0.717, 1.165) is 16.7 Å². The minimum absolute atomic E-state index is 0.137. The van der Waals surface area contributed by atoms with Gasteiger partial charge in [0.1, 0.15) is 6.54 Å². The number of hydrogen-bond acceptors (Lipinski definition) is 8. The summed E-state index contributed by atoms with van der Waals surface area (Å²) in [7, 11) is 1.45. The molecule has 0 spiro atoms. The number of ether oxygens (including phenoxy) is 3. The molecule has 2 fully saturated rings. The van der Waals surface area contributed by atoms with E-state index < -0.39 is 23.6 Å². The van der Waals surface area contributed by atoms with Gasteiger partial charge in [0.25, 0.3) is 17.1 Å². The molecule has 0 saturated carbocycles. The first-order valence-corrected chi connectivity index (χ1v) is 9.90. The summed E-state index contributed by atoms with van der Waals surface area (Å²) in [6.07, 6.45) is 1.51. The summed E-state index contributed by atoms with van der Waals surface area (Å²) in [5, 5.41) is -0.557. The van der Waals surface area contributed by atoms with Crippen molar-refractivity contribution in [3.63, 3.8) is 0 Å². The number of carbonyl (C=O) groups excluding carboxylic acids is 4. The van der Waals surface area contributed by atoms with Crippen LogP contribution in [0.1, 0.15) is 5.56 Å². The minimum atomic E-state index is -0.770. The fourth-order valence-electron chi connectivity index (χ4n) is 2.88. The van der Waals surface area contributed by atoms with Crippen molar-refractivity contribution < 1.29 is 33.4 Å². The second kappa shape index (κ2) is 9.63. The molecule has 0 radical (unpaired) electrons. The molecule has 30 heavy (non-hydrogen) atoms. The number of benzene rings is 1. The Labute approximate surface area is 176 Å². The molecule has 4 amide bonds. The van der Waals surface area contributed by atoms with Crippen LogP contribution in [0.3, 0.4) is 0 Å². The SMILES string of the molecule is COc1cc(/C=C2\SC(=O)N(CC(N)=O)C2=O)ccc1OCC(=O)N1CCOCC1. The van der Waals surface area contributed by atoms with Crippen molar-refractivity contribution in [1.82, 2.24) is 9.80 Å². The highest BCUT2D eigenvalue weighted by Gasteiger charge is 2.35. The summed E-state index contributed by atoms with van der Waals surface area (Å²) >= 11 is 0.725. The van der Waals surface area contributed by atoms with Crippen LogP contribution in [0.2, 0.25) is 0 Å². The van der Waals surface area contributed by atoms with Gasteiger partial charge in [0.2, 0.25) is 5.91 Å². The summed E-state index contributed by atoms with van der Waals surface area (Å²) < 4.78 is 16.1. The highest BCUT2D eigenvalue weighted by molar-refractivity contribution is 8.18. The van der Waals surface area contributed by atoms with Crippen molar-refractivity contribution >= 4 is 40.8 Å². The van der Waals surface area contributed by atoms with Crippen molar-refractivity contribution in [1.29, 1.82) is 0 Å². The van der Waals surface area contributed by atoms with Gasteiger partial charge in [-0.05, 0) is 35.5 Å². The lowest BCUT2D eigenvalue weighted by Gasteiger charge is -2.26. The monoisotopic (exact) mass is 435 g/mol. The summed E-state index contributed by atoms with van der Waals surface area (Å²) in [4.78, 5) is 50.1. The molecule has 0 unspecified atom stereocenters. The van der Waals surface area contributed by atoms with Gasteiger partial charge in [-0.25, -0.2) is 0 Å². The number of nitrogens with zero attached hydrogens (tertiary/aromatic N) is 2. The number of carbonyl (C=O) groups is 4. The van der Waals surface area contributed by atoms with E-state index >= 15 is 0 Å². The lowest BCUT2D eigenvalue weighted by Crippen LogP contribution is -2.43. The number of imide groups is 1. The van der Waals surface area contributed by atoms with Crippen molar-refractivity contribution in [2.24, 2.45) is 5.73 Å². The maximum atomic E-state index is 12.3. The Bertz CT molecular complexity index is 896. The average Bonchev–Trinajstić information content (AvgIpc) is 3.00. The van der Waals surface area contributed by atoms with Crippen molar-refractivity contribution in [2.75, 3.05) is 46.6 Å². The van der Waals surface area contributed by atoms with Gasteiger partial charge in [0.05, 0.1) is 25.2 Å². The van der Waals surface area contributed by atoms with E-state index in [1.807, 2.05) is 0 Å². The second-order valence-corrected chi connectivity index (χ2v) is 7.42. The van der Waals surface area contributed by atoms with Gasteiger partial charge in [-0.3, -0.25) is 24.1 Å². The third-order valence-electron chi connectivity index (χ3n) is 4.39. The molecule has 2 heterocycles. The quantitative estimate of drug-likeness (QED) is 0.612. The Morgan fingerprint density at radius 3 is 2.63 bits per heavy atom. The van der Waals surface area contributed by atoms with E-state index in [9.17, 15) is 19.2 Å². The van der Waals surface area contributed by atoms with Crippen molar-refractivity contribution in [2.45, 2.75) is 0 Å². The predicted octanol–water partition coefficient (Wildman–Crippen LogP) is 0.454. The average molecular weight is 435 g/mol. The van der Waals surface area contributed by atoms with E-state index in [4.69, 9.17) is 19.9 Å². The maximum Gasteiger partial charge on any atom is 0.294 e. The predicted molar refractivity (Wildman–Crippen MR) is 108 cm³/mol. The number of methoxy groups -OCH3 is 1. The van der Waals surface area contributed by atoms with Crippen LogP contribution < -0.4 is 15.2 Å². The van der Waals surface area contributed by atoms with Crippen LogP contribution in [-0.2, 0) is 19.1 Å². The number of primary amides is 1. The molecule has 0 aliphatic carbocycles. The van der Waals surface area contributed by atoms with Crippen LogP contribution in [0, 0.1) is 0 Å². The van der Waals surface area contributed by atoms with E-state index in [1.165, 1.54) is 13.2 Å². The summed E-state index contributed by atoms with van der Waals surface area (Å²) in [5.74, 6) is -0.756. The van der Waals surface area contributed by atoms with Crippen LogP contribution >= 0.6 is 11.8 Å². The Hall–Kier alpha value is -3.05. The molecule has 0 bridgehead atoms. The molecule has 2 saturated heterocycles. The van der Waals surface area contributed by atoms with E-state index in [2.05, 4.69) is 0 Å². The fourth-order valence-corrected chi connectivity index (χ4v) is 3.72. The number of thioether (sulfide) groups is 1. The molecule has 2 aliphatic rings. The zero-order valence-corrected chi connectivity index (χ0v) is 17.1. The largest absolute Gasteiger partial charge is 0.493 e. The first-order valence-electron chi connectivity index (χ1n) is 9.09. The Morgan fingerprint density at radius 1 is 1.23 bits per heavy atom. The van der Waals surface area contributed by atoms with Crippen molar-refractivity contribution in [3.05, 3.63) is 28.7 Å². The molecule has 1 aromatic carbocycles. The van der Waals surface area contributed by atoms with Crippen LogP contribution in [0.4, 0.5) is 4.79 Å². The van der Waals surface area contributed by atoms with Crippen LogP contribution in [-0.4, -0.2) is 79.3 Å². The Balaban J connectivity index is 1.69. The summed E-state index contributed by atoms with van der Waals surface area (Å²) in [5.41, 5.74) is 5.66. The second-order valence-electron chi connectivity index (χ2n) is 6.43. The number of morpholine rings is 1. The minimum Gasteiger partial charge on any atom is -0.493 e. The molecule has 10 nitrogen and oxygen atoms in total. The van der Waals surface area contributed by atoms with Gasteiger partial charge in [-0.1, -0.05) is 6.07 Å². The van der Waals surface area contributed by atoms with Gasteiger partial charge in [0, 0.05) is 13.1 Å². The molecule has 2 aliphatic heterocycles. The van der Waals surface area contributed by atoms with Crippen LogP contribution in [0.25, 0.3) is 6.08 Å². The van der Waals surface area contributed by atoms with Gasteiger partial charge in [-0.2, -0.15) is 0 Å². The molecule has 11 heteroatoms. The third kappa shape index (κ3) is 5.10. The van der Waals surface area contributed by atoms with E-state index in [0.29, 0.717) is 43.4 Å². The molecule has 160 valence electrons. The topological polar surface area (TPSA) is 128 Å². The Morgan fingerprint density at radius 2 is 1.97 bits per heavy atom. The molecule has 3 rings (SSSR count). The molecular formula is C19H21N3O7S. The van der Waals surface area contributed by atoms with E-state index in [1.54, 1.807) is 23.1 Å². The number of amides is 4. The summed E-state index contributed by atoms with van der Waals surface area (Å²) in [6.45, 7) is 1.48. The van der Waals surface area contributed by atoms with Gasteiger partial charge in [-0.15, -0.1) is 0 Å². The highest BCUT2D eigenvalue weighted by atomic mass is 32.2. The van der Waals surface area contributed by atoms with Crippen LogP contribution in [0.15, 0.2) is 23.1 Å². The lowest BCUT2D eigenvalue weighted by atomic mass is 10.2. The van der Waals surface area contributed by atoms with Gasteiger partial charge in [0.15, 0.2) is 18.1 Å². The lowest BCUT2D eigenvalue weighted by molar-refractivity contribution is -0.137. The van der Waals surface area contributed by atoms with E-state index in [-0.39, 0.29) is 17.4 Å². The fraction of sp³-hybridized carbons (Fsp3) is 0.368. The third-order valence-corrected chi connectivity index (χ3v) is 5.30. The number of nitrogens with two attached hydrogens (primary N) is 1. The summed E-state index contributed by atoms with van der Waals surface area (Å²) in [6, 6.07) is 4.90. The van der Waals surface area contributed by atoms with Gasteiger partial charge >= 0.3 is 0 Å². The molecular weight excluding hydrogens is 414 g/mol. The van der Waals surface area contributed by atoms with Crippen LogP contribution in [0.5, 0.6) is 11.5 Å². The molecule has 0 aromatic heterocycles. The first kappa shape index (κ1) is 21.7. The highest BCUT2D eigenvalue weighted by Crippen LogP contribution is 2.34. The molecule has 2 N–H and O–H groups in total. The Kier molecular flexibility index (Phi) is 6.95. The smallest absolute Gasteiger partial charge is 0.294 e. The normalized spacial score (nSPS) is 18.1. The van der Waals surface area contributed by atoms with Gasteiger partial charge < -0.3 is 24.8 Å². The molecule has 1 aromatic rings. The maximum absolute atomic E-state index is 12.3.